The van der Waals surface area contributed by atoms with Crippen molar-refractivity contribution in [1.29, 1.82) is 0 Å². The van der Waals surface area contributed by atoms with E-state index in [0.717, 1.165) is 24.9 Å². The van der Waals surface area contributed by atoms with Crippen LogP contribution >= 0.6 is 0 Å². The Morgan fingerprint density at radius 1 is 1.33 bits per heavy atom. The van der Waals surface area contributed by atoms with Gasteiger partial charge in [0.1, 0.15) is 5.82 Å². The molecule has 0 aromatic heterocycles. The van der Waals surface area contributed by atoms with Crippen LogP contribution in [0.15, 0.2) is 24.3 Å². The minimum Gasteiger partial charge on any atom is -0.326 e. The van der Waals surface area contributed by atoms with E-state index >= 15 is 0 Å². The highest BCUT2D eigenvalue weighted by Crippen LogP contribution is 2.26. The first kappa shape index (κ1) is 13.5. The van der Waals surface area contributed by atoms with Crippen LogP contribution in [-0.2, 0) is 5.41 Å². The lowest BCUT2D eigenvalue weighted by Crippen LogP contribution is -2.46. The summed E-state index contributed by atoms with van der Waals surface area (Å²) in [6.07, 6.45) is 3.42. The zero-order valence-corrected chi connectivity index (χ0v) is 11.2. The molecule has 0 radical (unpaired) electrons. The summed E-state index contributed by atoms with van der Waals surface area (Å²) < 4.78 is 13.8. The second-order valence-electron chi connectivity index (χ2n) is 5.95. The summed E-state index contributed by atoms with van der Waals surface area (Å²) in [4.78, 5) is 0. The standard InChI is InChI=1S/C15H23FN2/c1-15(2,11-6-3-4-7-12(11)16)10-18-14-9-5-8-13(14)17/h3-4,6-7,13-14,18H,5,8-10,17H2,1-2H3. The first-order valence-corrected chi connectivity index (χ1v) is 6.75. The minimum atomic E-state index is -0.215. The molecule has 0 spiro atoms. The van der Waals surface area contributed by atoms with Crippen molar-refractivity contribution >= 4 is 0 Å². The lowest BCUT2D eigenvalue weighted by atomic mass is 9.84. The third kappa shape index (κ3) is 2.90. The Hall–Kier alpha value is -0.930. The fourth-order valence-electron chi connectivity index (χ4n) is 2.73. The molecule has 0 heterocycles. The van der Waals surface area contributed by atoms with Crippen LogP contribution in [0.4, 0.5) is 4.39 Å². The Labute approximate surface area is 109 Å². The molecule has 2 unspecified atom stereocenters. The van der Waals surface area contributed by atoms with Crippen molar-refractivity contribution in [2.45, 2.75) is 50.6 Å². The van der Waals surface area contributed by atoms with Crippen LogP contribution in [-0.4, -0.2) is 18.6 Å². The maximum absolute atomic E-state index is 13.8. The SMILES string of the molecule is CC(C)(CNC1CCCC1N)c1ccccc1F. The van der Waals surface area contributed by atoms with Crippen LogP contribution in [0.1, 0.15) is 38.7 Å². The molecule has 0 bridgehead atoms. The molecular weight excluding hydrogens is 227 g/mol. The predicted octanol–water partition coefficient (Wildman–Crippen LogP) is 2.57. The number of nitrogens with two attached hydrogens (primary N) is 1. The topological polar surface area (TPSA) is 38.0 Å². The number of hydrogen-bond donors (Lipinski definition) is 2. The van der Waals surface area contributed by atoms with Crippen molar-refractivity contribution < 1.29 is 4.39 Å². The van der Waals surface area contributed by atoms with Gasteiger partial charge < -0.3 is 11.1 Å². The quantitative estimate of drug-likeness (QED) is 0.862. The molecule has 3 heteroatoms. The molecule has 0 amide bonds. The van der Waals surface area contributed by atoms with Gasteiger partial charge in [-0.2, -0.15) is 0 Å². The monoisotopic (exact) mass is 250 g/mol. The van der Waals surface area contributed by atoms with Gasteiger partial charge in [0, 0.05) is 24.0 Å². The van der Waals surface area contributed by atoms with Gasteiger partial charge in [-0.05, 0) is 24.5 Å². The number of hydrogen-bond acceptors (Lipinski definition) is 2. The van der Waals surface area contributed by atoms with Crippen molar-refractivity contribution in [3.05, 3.63) is 35.6 Å². The highest BCUT2D eigenvalue weighted by atomic mass is 19.1. The largest absolute Gasteiger partial charge is 0.326 e. The maximum Gasteiger partial charge on any atom is 0.126 e. The number of halogens is 1. The molecular formula is C15H23FN2. The second-order valence-corrected chi connectivity index (χ2v) is 5.95. The molecule has 1 aromatic carbocycles. The summed E-state index contributed by atoms with van der Waals surface area (Å²) in [7, 11) is 0. The summed E-state index contributed by atoms with van der Waals surface area (Å²) in [5.41, 5.74) is 6.59. The molecule has 100 valence electrons. The molecule has 18 heavy (non-hydrogen) atoms. The van der Waals surface area contributed by atoms with E-state index in [1.165, 1.54) is 12.5 Å². The van der Waals surface area contributed by atoms with Crippen molar-refractivity contribution in [3.63, 3.8) is 0 Å². The van der Waals surface area contributed by atoms with E-state index in [-0.39, 0.29) is 17.3 Å². The molecule has 2 atom stereocenters. The lowest BCUT2D eigenvalue weighted by Gasteiger charge is -2.29. The summed E-state index contributed by atoms with van der Waals surface area (Å²) in [5.74, 6) is -0.125. The zero-order chi connectivity index (χ0) is 13.2. The van der Waals surface area contributed by atoms with Gasteiger partial charge in [0.05, 0.1) is 0 Å². The Morgan fingerprint density at radius 3 is 2.67 bits per heavy atom. The van der Waals surface area contributed by atoms with E-state index in [2.05, 4.69) is 19.2 Å². The van der Waals surface area contributed by atoms with Crippen LogP contribution in [0, 0.1) is 5.82 Å². The Balaban J connectivity index is 2.01. The third-order valence-electron chi connectivity index (χ3n) is 3.98. The summed E-state index contributed by atoms with van der Waals surface area (Å²) in [6.45, 7) is 4.89. The van der Waals surface area contributed by atoms with E-state index in [1.54, 1.807) is 6.07 Å². The number of benzene rings is 1. The van der Waals surface area contributed by atoms with Gasteiger partial charge in [0.25, 0.3) is 0 Å². The average molecular weight is 250 g/mol. The van der Waals surface area contributed by atoms with E-state index < -0.39 is 0 Å². The summed E-state index contributed by atoms with van der Waals surface area (Å²) >= 11 is 0. The van der Waals surface area contributed by atoms with Gasteiger partial charge in [-0.1, -0.05) is 38.5 Å². The molecule has 3 N–H and O–H groups in total. The fraction of sp³-hybridized carbons (Fsp3) is 0.600. The molecule has 1 aromatic rings. The van der Waals surface area contributed by atoms with Crippen molar-refractivity contribution in [1.82, 2.24) is 5.32 Å². The molecule has 0 aliphatic heterocycles. The fourth-order valence-corrected chi connectivity index (χ4v) is 2.73. The first-order valence-electron chi connectivity index (χ1n) is 6.75. The van der Waals surface area contributed by atoms with E-state index in [9.17, 15) is 4.39 Å². The normalized spacial score (nSPS) is 24.4. The average Bonchev–Trinajstić information content (AvgIpc) is 2.73. The van der Waals surface area contributed by atoms with E-state index in [0.29, 0.717) is 6.04 Å². The van der Waals surface area contributed by atoms with Crippen LogP contribution in [0.3, 0.4) is 0 Å². The molecule has 2 rings (SSSR count). The van der Waals surface area contributed by atoms with Gasteiger partial charge in [-0.3, -0.25) is 0 Å². The molecule has 0 saturated heterocycles. The molecule has 2 nitrogen and oxygen atoms in total. The molecule has 1 aliphatic carbocycles. The summed E-state index contributed by atoms with van der Waals surface area (Å²) in [6, 6.07) is 7.65. The van der Waals surface area contributed by atoms with Crippen molar-refractivity contribution in [3.8, 4) is 0 Å². The van der Waals surface area contributed by atoms with Crippen molar-refractivity contribution in [2.75, 3.05) is 6.54 Å². The Morgan fingerprint density at radius 2 is 2.06 bits per heavy atom. The zero-order valence-electron chi connectivity index (χ0n) is 11.2. The van der Waals surface area contributed by atoms with E-state index in [1.807, 2.05) is 12.1 Å². The first-order chi connectivity index (χ1) is 8.50. The van der Waals surface area contributed by atoms with E-state index in [4.69, 9.17) is 5.73 Å². The molecule has 1 saturated carbocycles. The predicted molar refractivity (Wildman–Crippen MR) is 73.0 cm³/mol. The number of nitrogens with one attached hydrogen (secondary N) is 1. The van der Waals surface area contributed by atoms with Crippen molar-refractivity contribution in [2.24, 2.45) is 5.73 Å². The second kappa shape index (κ2) is 5.37. The third-order valence-corrected chi connectivity index (χ3v) is 3.98. The van der Waals surface area contributed by atoms with Crippen LogP contribution < -0.4 is 11.1 Å². The van der Waals surface area contributed by atoms with Gasteiger partial charge in [-0.15, -0.1) is 0 Å². The number of rotatable bonds is 4. The van der Waals surface area contributed by atoms with Gasteiger partial charge in [0.2, 0.25) is 0 Å². The highest BCUT2D eigenvalue weighted by Gasteiger charge is 2.28. The Bertz CT molecular complexity index is 403. The highest BCUT2D eigenvalue weighted by molar-refractivity contribution is 5.26. The van der Waals surface area contributed by atoms with Gasteiger partial charge in [0.15, 0.2) is 0 Å². The van der Waals surface area contributed by atoms with Crippen LogP contribution in [0.5, 0.6) is 0 Å². The minimum absolute atomic E-state index is 0.125. The maximum atomic E-state index is 13.8. The van der Waals surface area contributed by atoms with Crippen LogP contribution in [0.2, 0.25) is 0 Å². The smallest absolute Gasteiger partial charge is 0.126 e. The van der Waals surface area contributed by atoms with Gasteiger partial charge >= 0.3 is 0 Å². The molecule has 1 aliphatic rings. The van der Waals surface area contributed by atoms with Gasteiger partial charge in [-0.25, -0.2) is 4.39 Å². The molecule has 1 fully saturated rings. The Kier molecular flexibility index (Phi) is 4.03. The summed E-state index contributed by atoms with van der Waals surface area (Å²) in [5, 5.41) is 3.51. The van der Waals surface area contributed by atoms with Crippen LogP contribution in [0.25, 0.3) is 0 Å². The lowest BCUT2D eigenvalue weighted by molar-refractivity contribution is 0.389.